The number of hydrogen-bond acceptors (Lipinski definition) is 4. The quantitative estimate of drug-likeness (QED) is 0.816. The number of pyridine rings is 2. The van der Waals surface area contributed by atoms with Crippen molar-refractivity contribution in [2.45, 2.75) is 26.2 Å². The van der Waals surface area contributed by atoms with E-state index in [0.717, 1.165) is 37.9 Å². The molecule has 2 amide bonds. The maximum absolute atomic E-state index is 12.7. The highest BCUT2D eigenvalue weighted by molar-refractivity contribution is 5.98. The summed E-state index contributed by atoms with van der Waals surface area (Å²) in [5.41, 5.74) is 1.97. The fourth-order valence-corrected chi connectivity index (χ4v) is 3.38. The van der Waals surface area contributed by atoms with Crippen molar-refractivity contribution in [1.82, 2.24) is 19.8 Å². The van der Waals surface area contributed by atoms with Crippen LogP contribution in [0.4, 0.5) is 0 Å². The van der Waals surface area contributed by atoms with Gasteiger partial charge in [0.25, 0.3) is 11.8 Å². The first-order chi connectivity index (χ1) is 13.0. The van der Waals surface area contributed by atoms with E-state index in [-0.39, 0.29) is 11.8 Å². The summed E-state index contributed by atoms with van der Waals surface area (Å²) in [6, 6.07) is 7.18. The first-order valence-electron chi connectivity index (χ1n) is 9.44. The Morgan fingerprint density at radius 2 is 2.00 bits per heavy atom. The van der Waals surface area contributed by atoms with E-state index in [9.17, 15) is 9.59 Å². The molecule has 0 saturated carbocycles. The molecule has 142 valence electrons. The first-order valence-corrected chi connectivity index (χ1v) is 9.44. The van der Waals surface area contributed by atoms with Crippen LogP contribution >= 0.6 is 0 Å². The molecule has 3 heterocycles. The van der Waals surface area contributed by atoms with Crippen LogP contribution in [0.5, 0.6) is 0 Å². The van der Waals surface area contributed by atoms with Crippen LogP contribution in [0.15, 0.2) is 42.9 Å². The van der Waals surface area contributed by atoms with E-state index in [2.05, 4.69) is 16.9 Å². The minimum Gasteiger partial charge on any atom is -0.341 e. The number of hydrogen-bond donors (Lipinski definition) is 0. The van der Waals surface area contributed by atoms with E-state index in [1.807, 2.05) is 17.0 Å². The molecule has 3 rings (SSSR count). The van der Waals surface area contributed by atoms with Gasteiger partial charge in [0.1, 0.15) is 5.69 Å². The summed E-state index contributed by atoms with van der Waals surface area (Å²) in [5, 5.41) is 0. The fraction of sp³-hybridized carbons (Fsp3) is 0.429. The van der Waals surface area contributed by atoms with Gasteiger partial charge in [-0.3, -0.25) is 19.6 Å². The van der Waals surface area contributed by atoms with Crippen LogP contribution in [-0.4, -0.2) is 58.3 Å². The van der Waals surface area contributed by atoms with E-state index in [0.29, 0.717) is 23.7 Å². The zero-order valence-electron chi connectivity index (χ0n) is 16.0. The van der Waals surface area contributed by atoms with Crippen LogP contribution in [0.3, 0.4) is 0 Å². The summed E-state index contributed by atoms with van der Waals surface area (Å²) >= 11 is 0. The number of likely N-dealkylation sites (tertiary alicyclic amines) is 1. The molecular weight excluding hydrogens is 340 g/mol. The zero-order valence-corrected chi connectivity index (χ0v) is 16.0. The van der Waals surface area contributed by atoms with Gasteiger partial charge in [0.15, 0.2) is 0 Å². The molecule has 27 heavy (non-hydrogen) atoms. The van der Waals surface area contributed by atoms with Crippen LogP contribution in [0.2, 0.25) is 0 Å². The minimum atomic E-state index is -0.104. The fourth-order valence-electron chi connectivity index (χ4n) is 3.38. The van der Waals surface area contributed by atoms with Gasteiger partial charge in [0.2, 0.25) is 0 Å². The zero-order chi connectivity index (χ0) is 19.2. The van der Waals surface area contributed by atoms with Crippen molar-refractivity contribution >= 4 is 11.8 Å². The predicted octanol–water partition coefficient (Wildman–Crippen LogP) is 2.66. The Morgan fingerprint density at radius 3 is 2.74 bits per heavy atom. The van der Waals surface area contributed by atoms with Gasteiger partial charge in [-0.25, -0.2) is 0 Å². The van der Waals surface area contributed by atoms with Gasteiger partial charge in [-0.15, -0.1) is 0 Å². The number of nitrogens with zero attached hydrogens (tertiary/aromatic N) is 4. The van der Waals surface area contributed by atoms with Crippen molar-refractivity contribution in [3.63, 3.8) is 0 Å². The lowest BCUT2D eigenvalue weighted by Gasteiger charge is -2.30. The van der Waals surface area contributed by atoms with E-state index in [1.165, 1.54) is 0 Å². The summed E-state index contributed by atoms with van der Waals surface area (Å²) in [6.45, 7) is 4.27. The molecule has 0 N–H and O–H groups in total. The molecule has 2 aromatic rings. The van der Waals surface area contributed by atoms with Crippen molar-refractivity contribution < 1.29 is 9.59 Å². The molecular formula is C21H26N4O2. The minimum absolute atomic E-state index is 0.0874. The number of amides is 2. The standard InChI is InChI=1S/C21H26N4O2/c1-16-4-3-12-25(15-16)21(27)19-14-18(7-11-23-19)20(26)24(2)13-8-17-5-9-22-10-6-17/h5-7,9-11,14,16H,3-4,8,12-13,15H2,1-2H3. The first kappa shape index (κ1) is 19.0. The van der Waals surface area contributed by atoms with Gasteiger partial charge in [0, 0.05) is 50.8 Å². The molecule has 1 unspecified atom stereocenters. The van der Waals surface area contributed by atoms with E-state index in [1.54, 1.807) is 42.7 Å². The predicted molar refractivity (Wildman–Crippen MR) is 103 cm³/mol. The monoisotopic (exact) mass is 366 g/mol. The highest BCUT2D eigenvalue weighted by Gasteiger charge is 2.24. The Morgan fingerprint density at radius 1 is 1.22 bits per heavy atom. The molecule has 1 atom stereocenters. The average Bonchev–Trinajstić information content (AvgIpc) is 2.71. The van der Waals surface area contributed by atoms with Gasteiger partial charge >= 0.3 is 0 Å². The largest absolute Gasteiger partial charge is 0.341 e. The van der Waals surface area contributed by atoms with Crippen LogP contribution in [0, 0.1) is 5.92 Å². The number of carbonyl (C=O) groups is 2. The average molecular weight is 366 g/mol. The van der Waals surface area contributed by atoms with Crippen molar-refractivity contribution in [2.75, 3.05) is 26.7 Å². The second-order valence-corrected chi connectivity index (χ2v) is 7.26. The van der Waals surface area contributed by atoms with Gasteiger partial charge in [-0.2, -0.15) is 0 Å². The molecule has 0 aromatic carbocycles. The van der Waals surface area contributed by atoms with Crippen LogP contribution in [-0.2, 0) is 6.42 Å². The van der Waals surface area contributed by atoms with Gasteiger partial charge < -0.3 is 9.80 Å². The normalized spacial score (nSPS) is 16.8. The maximum atomic E-state index is 12.7. The highest BCUT2D eigenvalue weighted by atomic mass is 16.2. The molecule has 2 aromatic heterocycles. The molecule has 1 fully saturated rings. The SMILES string of the molecule is CC1CCCN(C(=O)c2cc(C(=O)N(C)CCc3ccncc3)ccn2)C1. The van der Waals surface area contributed by atoms with E-state index >= 15 is 0 Å². The van der Waals surface area contributed by atoms with Crippen LogP contribution in [0.1, 0.15) is 46.2 Å². The van der Waals surface area contributed by atoms with Crippen molar-refractivity contribution in [2.24, 2.45) is 5.92 Å². The molecule has 6 nitrogen and oxygen atoms in total. The molecule has 0 bridgehead atoms. The Hall–Kier alpha value is -2.76. The smallest absolute Gasteiger partial charge is 0.272 e. The number of carbonyl (C=O) groups excluding carboxylic acids is 2. The Kier molecular flexibility index (Phi) is 6.16. The Bertz CT molecular complexity index is 794. The third kappa shape index (κ3) is 4.90. The summed E-state index contributed by atoms with van der Waals surface area (Å²) in [7, 11) is 1.78. The number of rotatable bonds is 5. The third-order valence-corrected chi connectivity index (χ3v) is 5.00. The third-order valence-electron chi connectivity index (χ3n) is 5.00. The summed E-state index contributed by atoms with van der Waals surface area (Å²) in [6.07, 6.45) is 7.97. The Balaban J connectivity index is 1.65. The molecule has 0 aliphatic carbocycles. The highest BCUT2D eigenvalue weighted by Crippen LogP contribution is 2.18. The lowest BCUT2D eigenvalue weighted by atomic mass is 10.00. The van der Waals surface area contributed by atoms with Crippen LogP contribution in [0.25, 0.3) is 0 Å². The van der Waals surface area contributed by atoms with Crippen molar-refractivity contribution in [3.8, 4) is 0 Å². The van der Waals surface area contributed by atoms with Crippen LogP contribution < -0.4 is 0 Å². The summed E-state index contributed by atoms with van der Waals surface area (Å²) in [4.78, 5) is 37.2. The molecule has 0 radical (unpaired) electrons. The number of aromatic nitrogens is 2. The van der Waals surface area contributed by atoms with Gasteiger partial charge in [-0.05, 0) is 55.0 Å². The number of piperidine rings is 1. The molecule has 1 aliphatic heterocycles. The molecule has 1 aliphatic rings. The molecule has 6 heteroatoms. The second-order valence-electron chi connectivity index (χ2n) is 7.26. The summed E-state index contributed by atoms with van der Waals surface area (Å²) < 4.78 is 0. The summed E-state index contributed by atoms with van der Waals surface area (Å²) in [5.74, 6) is 0.315. The van der Waals surface area contributed by atoms with E-state index < -0.39 is 0 Å². The maximum Gasteiger partial charge on any atom is 0.272 e. The number of likely N-dealkylation sites (N-methyl/N-ethyl adjacent to an activating group) is 1. The topological polar surface area (TPSA) is 66.4 Å². The van der Waals surface area contributed by atoms with E-state index in [4.69, 9.17) is 0 Å². The lowest BCUT2D eigenvalue weighted by molar-refractivity contribution is 0.0677. The van der Waals surface area contributed by atoms with Gasteiger partial charge in [-0.1, -0.05) is 6.92 Å². The van der Waals surface area contributed by atoms with Crippen molar-refractivity contribution in [1.29, 1.82) is 0 Å². The second kappa shape index (κ2) is 8.75. The molecule has 0 spiro atoms. The molecule has 1 saturated heterocycles. The Labute approximate surface area is 160 Å². The van der Waals surface area contributed by atoms with Crippen molar-refractivity contribution in [3.05, 3.63) is 59.7 Å². The lowest BCUT2D eigenvalue weighted by Crippen LogP contribution is -2.39. The van der Waals surface area contributed by atoms with Gasteiger partial charge in [0.05, 0.1) is 0 Å².